The van der Waals surface area contributed by atoms with Gasteiger partial charge in [0.2, 0.25) is 0 Å². The zero-order chi connectivity index (χ0) is 31.5. The highest BCUT2D eigenvalue weighted by Gasteiger charge is 2.17. The molecule has 2 aromatic heterocycles. The molecule has 6 nitrogen and oxygen atoms in total. The molecule has 0 aliphatic heterocycles. The molecule has 0 aliphatic carbocycles. The van der Waals surface area contributed by atoms with Crippen LogP contribution in [0.15, 0.2) is 105 Å². The van der Waals surface area contributed by atoms with Crippen LogP contribution in [-0.2, 0) is 24.6 Å². The molecule has 0 N–H and O–H groups in total. The molecule has 6 aromatic rings. The van der Waals surface area contributed by atoms with Gasteiger partial charge >= 0.3 is 0 Å². The summed E-state index contributed by atoms with van der Waals surface area (Å²) in [5, 5.41) is 2.31. The maximum absolute atomic E-state index is 14.5. The van der Waals surface area contributed by atoms with Crippen LogP contribution in [0.25, 0.3) is 21.8 Å². The normalized spacial score (nSPS) is 11.5. The molecule has 0 spiro atoms. The first-order valence-corrected chi connectivity index (χ1v) is 16.6. The van der Waals surface area contributed by atoms with E-state index in [0.717, 1.165) is 0 Å². The Morgan fingerprint density at radius 1 is 0.600 bits per heavy atom. The van der Waals surface area contributed by atoms with E-state index >= 15 is 0 Å². The molecule has 228 valence electrons. The Morgan fingerprint density at radius 3 is 1.44 bits per heavy atom. The van der Waals surface area contributed by atoms with E-state index in [0.29, 0.717) is 59.7 Å². The van der Waals surface area contributed by atoms with Crippen LogP contribution in [0, 0.1) is 11.6 Å². The van der Waals surface area contributed by atoms with Gasteiger partial charge in [0.25, 0.3) is 11.1 Å². The molecule has 6 rings (SSSR count). The van der Waals surface area contributed by atoms with Crippen LogP contribution < -0.4 is 11.1 Å². The number of rotatable bonds is 10. The maximum atomic E-state index is 14.5. The third-order valence-corrected chi connectivity index (χ3v) is 9.95. The van der Waals surface area contributed by atoms with E-state index in [1.54, 1.807) is 69.8 Å². The summed E-state index contributed by atoms with van der Waals surface area (Å²) in [4.78, 5) is 36.7. The molecule has 0 unspecified atom stereocenters. The highest BCUT2D eigenvalue weighted by atomic mass is 35.5. The molecule has 0 saturated carbocycles. The van der Waals surface area contributed by atoms with Crippen LogP contribution in [0.5, 0.6) is 0 Å². The lowest BCUT2D eigenvalue weighted by molar-refractivity contribution is 0.489. The number of fused-ring (bicyclic) bond motifs is 2. The third-order valence-electron chi connectivity index (χ3n) is 7.23. The number of aromatic nitrogens is 4. The molecule has 0 bridgehead atoms. The number of hydrogen-bond donors (Lipinski definition) is 0. The SMILES string of the molecule is O=c1c2ccccc2nc(SCc2c(F)cccc2Cl)n1CCCn1c(SCc2c(F)cccc2Cl)nc2ccccc2c1=O. The summed E-state index contributed by atoms with van der Waals surface area (Å²) < 4.78 is 32.1. The van der Waals surface area contributed by atoms with Gasteiger partial charge in [-0.3, -0.25) is 18.7 Å². The van der Waals surface area contributed by atoms with Crippen LogP contribution in [0.2, 0.25) is 10.0 Å². The fourth-order valence-electron chi connectivity index (χ4n) is 4.91. The van der Waals surface area contributed by atoms with Crippen molar-refractivity contribution in [3.63, 3.8) is 0 Å². The van der Waals surface area contributed by atoms with Gasteiger partial charge in [-0.2, -0.15) is 0 Å². The van der Waals surface area contributed by atoms with Crippen molar-refractivity contribution < 1.29 is 8.78 Å². The molecule has 0 saturated heterocycles. The van der Waals surface area contributed by atoms with Crippen molar-refractivity contribution in [1.29, 1.82) is 0 Å². The second-order valence-electron chi connectivity index (χ2n) is 10.1. The smallest absolute Gasteiger partial charge is 0.262 e. The molecule has 0 amide bonds. The minimum Gasteiger partial charge on any atom is -0.287 e. The standard InChI is InChI=1S/C33H24Cl2F2N4O2S2/c34-24-10-5-12-26(36)22(24)18-44-32-38-28-14-3-1-8-20(28)30(42)40(32)16-7-17-41-31(43)21-9-2-4-15-29(21)39-33(41)45-19-23-25(35)11-6-13-27(23)37/h1-6,8-15H,7,16-19H2. The minimum absolute atomic E-state index is 0.170. The van der Waals surface area contributed by atoms with Gasteiger partial charge in [0.05, 0.1) is 21.8 Å². The zero-order valence-corrected chi connectivity index (χ0v) is 26.7. The highest BCUT2D eigenvalue weighted by Crippen LogP contribution is 2.30. The van der Waals surface area contributed by atoms with Crippen LogP contribution in [-0.4, -0.2) is 19.1 Å². The molecular weight excluding hydrogens is 657 g/mol. The van der Waals surface area contributed by atoms with Crippen LogP contribution in [0.1, 0.15) is 17.5 Å². The van der Waals surface area contributed by atoms with Crippen LogP contribution in [0.4, 0.5) is 8.78 Å². The molecule has 0 atom stereocenters. The fourth-order valence-corrected chi connectivity index (χ4v) is 7.65. The summed E-state index contributed by atoms with van der Waals surface area (Å²) >= 11 is 14.9. The second-order valence-corrected chi connectivity index (χ2v) is 12.8. The Morgan fingerprint density at radius 2 is 1.02 bits per heavy atom. The van der Waals surface area contributed by atoms with Crippen molar-refractivity contribution in [2.24, 2.45) is 0 Å². The molecule has 0 fully saturated rings. The van der Waals surface area contributed by atoms with E-state index in [2.05, 4.69) is 0 Å². The van der Waals surface area contributed by atoms with E-state index in [1.165, 1.54) is 47.8 Å². The Labute approximate surface area is 275 Å². The second kappa shape index (κ2) is 13.7. The molecule has 0 aliphatic rings. The molecular formula is C33H24Cl2F2N4O2S2. The first kappa shape index (κ1) is 31.3. The van der Waals surface area contributed by atoms with Crippen LogP contribution in [0.3, 0.4) is 0 Å². The average molecular weight is 682 g/mol. The number of benzene rings is 4. The predicted molar refractivity (Wildman–Crippen MR) is 179 cm³/mol. The minimum atomic E-state index is -0.436. The number of halogens is 4. The molecule has 45 heavy (non-hydrogen) atoms. The Balaban J connectivity index is 1.31. The van der Waals surface area contributed by atoms with E-state index < -0.39 is 11.6 Å². The van der Waals surface area contributed by atoms with Gasteiger partial charge in [-0.15, -0.1) is 0 Å². The zero-order valence-electron chi connectivity index (χ0n) is 23.6. The molecule has 12 heteroatoms. The largest absolute Gasteiger partial charge is 0.287 e. The number of nitrogens with zero attached hydrogens (tertiary/aromatic N) is 4. The topological polar surface area (TPSA) is 69.8 Å². The van der Waals surface area contributed by atoms with Crippen molar-refractivity contribution in [2.75, 3.05) is 0 Å². The quantitative estimate of drug-likeness (QED) is 0.107. The van der Waals surface area contributed by atoms with E-state index in [1.807, 2.05) is 0 Å². The Bertz CT molecular complexity index is 1980. The summed E-state index contributed by atoms with van der Waals surface area (Å²) in [6.07, 6.45) is 0.377. The van der Waals surface area contributed by atoms with Gasteiger partial charge < -0.3 is 0 Å². The summed E-state index contributed by atoms with van der Waals surface area (Å²) in [6.45, 7) is 0.457. The molecule has 4 aromatic carbocycles. The lowest BCUT2D eigenvalue weighted by Crippen LogP contribution is -2.27. The van der Waals surface area contributed by atoms with E-state index in [4.69, 9.17) is 33.2 Å². The summed E-state index contributed by atoms with van der Waals surface area (Å²) in [7, 11) is 0. The van der Waals surface area contributed by atoms with Gasteiger partial charge in [-0.25, -0.2) is 18.7 Å². The van der Waals surface area contributed by atoms with E-state index in [-0.39, 0.29) is 35.7 Å². The summed E-state index contributed by atoms with van der Waals surface area (Å²) in [5.41, 5.74) is 1.22. The monoisotopic (exact) mass is 680 g/mol. The maximum Gasteiger partial charge on any atom is 0.262 e. The third kappa shape index (κ3) is 6.65. The van der Waals surface area contributed by atoms with Crippen molar-refractivity contribution in [2.45, 2.75) is 41.3 Å². The summed E-state index contributed by atoms with van der Waals surface area (Å²) in [6, 6.07) is 23.1. The lowest BCUT2D eigenvalue weighted by atomic mass is 10.2. The Kier molecular flexibility index (Phi) is 9.56. The van der Waals surface area contributed by atoms with E-state index in [9.17, 15) is 18.4 Å². The number of para-hydroxylation sites is 2. The Hall–Kier alpha value is -3.70. The predicted octanol–water partition coefficient (Wildman–Crippen LogP) is 8.37. The van der Waals surface area contributed by atoms with Crippen molar-refractivity contribution in [3.05, 3.63) is 138 Å². The average Bonchev–Trinajstić information content (AvgIpc) is 3.03. The first-order chi connectivity index (χ1) is 21.8. The summed E-state index contributed by atoms with van der Waals surface area (Å²) in [5.74, 6) is -0.530. The molecule has 0 radical (unpaired) electrons. The van der Waals surface area contributed by atoms with Crippen molar-refractivity contribution >= 4 is 68.5 Å². The first-order valence-electron chi connectivity index (χ1n) is 13.9. The van der Waals surface area contributed by atoms with Gasteiger partial charge in [0.15, 0.2) is 10.3 Å². The van der Waals surface area contributed by atoms with Gasteiger partial charge in [0.1, 0.15) is 11.6 Å². The number of hydrogen-bond acceptors (Lipinski definition) is 6. The van der Waals surface area contributed by atoms with Crippen LogP contribution >= 0.6 is 46.7 Å². The highest BCUT2D eigenvalue weighted by molar-refractivity contribution is 7.98. The van der Waals surface area contributed by atoms with Gasteiger partial charge in [-0.05, 0) is 55.0 Å². The lowest BCUT2D eigenvalue weighted by Gasteiger charge is -2.16. The number of thioether (sulfide) groups is 2. The van der Waals surface area contributed by atoms with Gasteiger partial charge in [0, 0.05) is 45.8 Å². The van der Waals surface area contributed by atoms with Crippen molar-refractivity contribution in [3.8, 4) is 0 Å². The van der Waals surface area contributed by atoms with Crippen molar-refractivity contribution in [1.82, 2.24) is 19.1 Å². The molecule has 2 heterocycles. The van der Waals surface area contributed by atoms with Gasteiger partial charge in [-0.1, -0.05) is 83.1 Å². The fraction of sp³-hybridized carbons (Fsp3) is 0.152.